The molecule has 1 N–H and O–H groups in total. The van der Waals surface area contributed by atoms with Gasteiger partial charge in [-0.15, -0.1) is 11.6 Å². The number of ether oxygens (including phenoxy) is 2. The molecule has 0 aliphatic carbocycles. The molecule has 0 saturated carbocycles. The van der Waals surface area contributed by atoms with Gasteiger partial charge in [0.15, 0.2) is 4.87 Å². The van der Waals surface area contributed by atoms with Gasteiger partial charge in [0.25, 0.3) is 5.91 Å². The van der Waals surface area contributed by atoms with Crippen LogP contribution in [0.2, 0.25) is 0 Å². The van der Waals surface area contributed by atoms with Crippen LogP contribution in [-0.2, 0) is 15.7 Å². The summed E-state index contributed by atoms with van der Waals surface area (Å²) in [5, 5.41) is 2.43. The highest BCUT2D eigenvalue weighted by molar-refractivity contribution is 6.38. The van der Waals surface area contributed by atoms with E-state index in [9.17, 15) is 22.8 Å². The van der Waals surface area contributed by atoms with E-state index < -0.39 is 34.2 Å². The van der Waals surface area contributed by atoms with Gasteiger partial charge in [0, 0.05) is 24.5 Å². The molecule has 1 aromatic rings. The summed E-state index contributed by atoms with van der Waals surface area (Å²) in [4.78, 5) is 29.0. The molecule has 0 bridgehead atoms. The van der Waals surface area contributed by atoms with E-state index in [-0.39, 0.29) is 30.6 Å². The van der Waals surface area contributed by atoms with Gasteiger partial charge in [-0.25, -0.2) is 4.79 Å². The molecule has 2 aliphatic rings. The van der Waals surface area contributed by atoms with E-state index in [0.717, 1.165) is 18.6 Å². The standard InChI is InChI=1S/C23H27ClF3N3O4/c1-21(2,3)34-20(32)30-9-4-6-17(30)13-33-18-11-15(23(25,26)27)10-16(12-18)29-19(31)22(24)7-5-8-28-14-22/h5,7-8,10-12,17H,4,6,9,13-14H2,1-3H3,(H,29,31). The molecule has 2 unspecified atom stereocenters. The van der Waals surface area contributed by atoms with Crippen LogP contribution in [0.3, 0.4) is 0 Å². The Morgan fingerprint density at radius 3 is 2.62 bits per heavy atom. The fraction of sp³-hybridized carbons (Fsp3) is 0.522. The van der Waals surface area contributed by atoms with Crippen molar-refractivity contribution >= 4 is 35.5 Å². The average molecular weight is 502 g/mol. The average Bonchev–Trinajstić information content (AvgIpc) is 3.20. The monoisotopic (exact) mass is 501 g/mol. The first-order chi connectivity index (χ1) is 15.8. The summed E-state index contributed by atoms with van der Waals surface area (Å²) in [6.07, 6.45) is 0.596. The molecule has 11 heteroatoms. The molecule has 7 nitrogen and oxygen atoms in total. The van der Waals surface area contributed by atoms with E-state index in [1.54, 1.807) is 20.8 Å². The SMILES string of the molecule is CC(C)(C)OC(=O)N1CCCC1COc1cc(NC(=O)C2(Cl)C=CC=NC2)cc(C(F)(F)F)c1. The number of amides is 2. The van der Waals surface area contributed by atoms with Crippen LogP contribution in [0.1, 0.15) is 39.2 Å². The summed E-state index contributed by atoms with van der Waals surface area (Å²) in [5.41, 5.74) is -1.78. The number of hydrogen-bond acceptors (Lipinski definition) is 5. The van der Waals surface area contributed by atoms with E-state index in [1.807, 2.05) is 0 Å². The van der Waals surface area contributed by atoms with Gasteiger partial charge >= 0.3 is 12.3 Å². The van der Waals surface area contributed by atoms with Gasteiger partial charge in [-0.2, -0.15) is 13.2 Å². The van der Waals surface area contributed by atoms with Crippen LogP contribution < -0.4 is 10.1 Å². The highest BCUT2D eigenvalue weighted by atomic mass is 35.5. The van der Waals surface area contributed by atoms with Crippen LogP contribution in [0.15, 0.2) is 35.3 Å². The minimum atomic E-state index is -4.66. The molecule has 0 spiro atoms. The van der Waals surface area contributed by atoms with Crippen molar-refractivity contribution in [1.29, 1.82) is 0 Å². The van der Waals surface area contributed by atoms with Crippen LogP contribution in [0, 0.1) is 0 Å². The van der Waals surface area contributed by atoms with Crippen molar-refractivity contribution < 1.29 is 32.2 Å². The molecule has 0 radical (unpaired) electrons. The Kier molecular flexibility index (Phi) is 7.50. The number of carbonyl (C=O) groups excluding carboxylic acids is 2. The molecule has 186 valence electrons. The molecule has 1 aromatic carbocycles. The Balaban J connectivity index is 1.75. The highest BCUT2D eigenvalue weighted by Crippen LogP contribution is 2.35. The van der Waals surface area contributed by atoms with Crippen molar-refractivity contribution in [2.24, 2.45) is 4.99 Å². The molecule has 1 saturated heterocycles. The van der Waals surface area contributed by atoms with Crippen LogP contribution in [0.5, 0.6) is 5.75 Å². The number of allylic oxidation sites excluding steroid dienone is 1. The zero-order valence-corrected chi connectivity index (χ0v) is 19.9. The van der Waals surface area contributed by atoms with E-state index >= 15 is 0 Å². The van der Waals surface area contributed by atoms with E-state index in [2.05, 4.69) is 10.3 Å². The van der Waals surface area contributed by atoms with Gasteiger partial charge in [-0.1, -0.05) is 6.08 Å². The number of dihydropyridines is 1. The maximum atomic E-state index is 13.5. The van der Waals surface area contributed by atoms with Crippen LogP contribution in [0.25, 0.3) is 0 Å². The summed E-state index contributed by atoms with van der Waals surface area (Å²) >= 11 is 6.27. The van der Waals surface area contributed by atoms with Gasteiger partial charge in [-0.3, -0.25) is 9.79 Å². The lowest BCUT2D eigenvalue weighted by atomic mass is 10.1. The second-order valence-corrected chi connectivity index (χ2v) is 9.86. The highest BCUT2D eigenvalue weighted by Gasteiger charge is 2.36. The molecule has 2 atom stereocenters. The summed E-state index contributed by atoms with van der Waals surface area (Å²) in [6, 6.07) is 2.60. The first-order valence-electron chi connectivity index (χ1n) is 10.8. The molecule has 2 amide bonds. The second kappa shape index (κ2) is 9.85. The van der Waals surface area contributed by atoms with Gasteiger partial charge in [0.1, 0.15) is 18.0 Å². The first kappa shape index (κ1) is 25.9. The van der Waals surface area contributed by atoms with E-state index in [4.69, 9.17) is 21.1 Å². The van der Waals surface area contributed by atoms with Gasteiger partial charge in [0.05, 0.1) is 18.2 Å². The molecule has 1 fully saturated rings. The maximum Gasteiger partial charge on any atom is 0.416 e. The van der Waals surface area contributed by atoms with Crippen LogP contribution in [-0.4, -0.2) is 59.3 Å². The number of aliphatic imine (C=N–C) groups is 1. The van der Waals surface area contributed by atoms with Crippen molar-refractivity contribution in [2.45, 2.75) is 56.3 Å². The zero-order valence-electron chi connectivity index (χ0n) is 19.1. The molecule has 34 heavy (non-hydrogen) atoms. The molecule has 3 rings (SSSR count). The number of alkyl halides is 4. The van der Waals surface area contributed by atoms with Gasteiger partial charge in [-0.05, 0) is 51.8 Å². The Bertz CT molecular complexity index is 991. The molecular formula is C23H27ClF3N3O4. The second-order valence-electron chi connectivity index (χ2n) is 9.19. The van der Waals surface area contributed by atoms with Crippen molar-refractivity contribution in [1.82, 2.24) is 4.90 Å². The normalized spacial score (nSPS) is 22.6. The number of benzene rings is 1. The zero-order chi connectivity index (χ0) is 25.1. The predicted molar refractivity (Wildman–Crippen MR) is 123 cm³/mol. The minimum Gasteiger partial charge on any atom is -0.491 e. The number of nitrogens with zero attached hydrogens (tertiary/aromatic N) is 2. The van der Waals surface area contributed by atoms with Gasteiger partial charge in [0.2, 0.25) is 0 Å². The number of carbonyl (C=O) groups is 2. The lowest BCUT2D eigenvalue weighted by molar-refractivity contribution is -0.137. The van der Waals surface area contributed by atoms with E-state index in [0.29, 0.717) is 13.0 Å². The molecule has 2 aliphatic heterocycles. The maximum absolute atomic E-state index is 13.5. The quantitative estimate of drug-likeness (QED) is 0.573. The van der Waals surface area contributed by atoms with Crippen molar-refractivity contribution in [3.8, 4) is 5.75 Å². The number of nitrogens with one attached hydrogen (secondary N) is 1. The summed E-state index contributed by atoms with van der Waals surface area (Å²) in [5.74, 6) is -0.804. The van der Waals surface area contributed by atoms with Crippen molar-refractivity contribution in [3.05, 3.63) is 35.9 Å². The third-order valence-corrected chi connectivity index (χ3v) is 5.61. The Morgan fingerprint density at radius 2 is 2.00 bits per heavy atom. The summed E-state index contributed by atoms with van der Waals surface area (Å²) in [7, 11) is 0. The summed E-state index contributed by atoms with van der Waals surface area (Å²) in [6.45, 7) is 5.68. The van der Waals surface area contributed by atoms with Gasteiger partial charge < -0.3 is 19.7 Å². The van der Waals surface area contributed by atoms with Crippen LogP contribution in [0.4, 0.5) is 23.7 Å². The Hall–Kier alpha value is -2.75. The molecule has 0 aromatic heterocycles. The topological polar surface area (TPSA) is 80.2 Å². The van der Waals surface area contributed by atoms with E-state index in [1.165, 1.54) is 29.3 Å². The third kappa shape index (κ3) is 6.65. The number of halogens is 4. The summed E-state index contributed by atoms with van der Waals surface area (Å²) < 4.78 is 51.5. The van der Waals surface area contributed by atoms with Crippen LogP contribution >= 0.6 is 11.6 Å². The number of anilines is 1. The lowest BCUT2D eigenvalue weighted by Crippen LogP contribution is -2.42. The van der Waals surface area contributed by atoms with Crippen molar-refractivity contribution in [3.63, 3.8) is 0 Å². The third-order valence-electron chi connectivity index (χ3n) is 5.19. The number of rotatable bonds is 5. The molecule has 2 heterocycles. The number of hydrogen-bond donors (Lipinski definition) is 1. The largest absolute Gasteiger partial charge is 0.491 e. The fourth-order valence-electron chi connectivity index (χ4n) is 3.56. The Morgan fingerprint density at radius 1 is 1.26 bits per heavy atom. The Labute approximate surface area is 200 Å². The minimum absolute atomic E-state index is 0.0230. The lowest BCUT2D eigenvalue weighted by Gasteiger charge is -2.28. The number of likely N-dealkylation sites (tertiary alicyclic amines) is 1. The van der Waals surface area contributed by atoms with Crippen molar-refractivity contribution in [2.75, 3.05) is 25.0 Å². The smallest absolute Gasteiger partial charge is 0.416 e. The first-order valence-corrected chi connectivity index (χ1v) is 11.2. The predicted octanol–water partition coefficient (Wildman–Crippen LogP) is 5.04. The molecular weight excluding hydrogens is 475 g/mol. The fourth-order valence-corrected chi connectivity index (χ4v) is 3.75.